The molecule has 1 aromatic heterocycles. The summed E-state index contributed by atoms with van der Waals surface area (Å²) in [4.78, 5) is 27.7. The highest BCUT2D eigenvalue weighted by molar-refractivity contribution is 7.08. The third kappa shape index (κ3) is 2.87. The fraction of sp³-hybridized carbons (Fsp3) is 0.429. The Labute approximate surface area is 117 Å². The van der Waals surface area contributed by atoms with Gasteiger partial charge in [0.1, 0.15) is 0 Å². The first-order chi connectivity index (χ1) is 9.17. The van der Waals surface area contributed by atoms with E-state index in [1.54, 1.807) is 0 Å². The monoisotopic (exact) mass is 278 g/mol. The largest absolute Gasteiger partial charge is 0.335 e. The number of carbonyl (C=O) groups is 2. The van der Waals surface area contributed by atoms with Crippen molar-refractivity contribution in [2.24, 2.45) is 0 Å². The van der Waals surface area contributed by atoms with Gasteiger partial charge in [0.15, 0.2) is 0 Å². The lowest BCUT2D eigenvalue weighted by Crippen LogP contribution is -2.56. The predicted octanol–water partition coefficient (Wildman–Crippen LogP) is 2.00. The molecule has 102 valence electrons. The van der Waals surface area contributed by atoms with E-state index in [0.29, 0.717) is 19.6 Å². The summed E-state index contributed by atoms with van der Waals surface area (Å²) in [5.74, 6) is 0.0138. The highest BCUT2D eigenvalue weighted by Gasteiger charge is 2.30. The Morgan fingerprint density at radius 1 is 1.53 bits per heavy atom. The summed E-state index contributed by atoms with van der Waals surface area (Å²) >= 11 is 1.52. The number of hydrogen-bond donors (Lipinski definition) is 0. The number of piperazine rings is 1. The summed E-state index contributed by atoms with van der Waals surface area (Å²) in [7, 11) is 0. The first kappa shape index (κ1) is 13.8. The lowest BCUT2D eigenvalue weighted by molar-refractivity contribution is -0.130. The maximum atomic E-state index is 12.3. The van der Waals surface area contributed by atoms with E-state index >= 15 is 0 Å². The SMILES string of the molecule is C=CC(=O)N1CCN(C(=O)c2ccsc2)C[C@H]1CC. The Kier molecular flexibility index (Phi) is 4.37. The van der Waals surface area contributed by atoms with Crippen LogP contribution in [0.25, 0.3) is 0 Å². The summed E-state index contributed by atoms with van der Waals surface area (Å²) in [5, 5.41) is 3.77. The molecule has 2 rings (SSSR count). The molecule has 1 aliphatic rings. The van der Waals surface area contributed by atoms with Crippen LogP contribution >= 0.6 is 11.3 Å². The van der Waals surface area contributed by atoms with Crippen LogP contribution in [0, 0.1) is 0 Å². The molecular formula is C14H18N2O2S. The van der Waals surface area contributed by atoms with E-state index in [9.17, 15) is 9.59 Å². The van der Waals surface area contributed by atoms with Gasteiger partial charge in [0.05, 0.1) is 5.56 Å². The van der Waals surface area contributed by atoms with Gasteiger partial charge >= 0.3 is 0 Å². The summed E-state index contributed by atoms with van der Waals surface area (Å²) in [6.45, 7) is 7.34. The van der Waals surface area contributed by atoms with Crippen LogP contribution in [0.4, 0.5) is 0 Å². The maximum Gasteiger partial charge on any atom is 0.254 e. The number of carbonyl (C=O) groups excluding carboxylic acids is 2. The Bertz CT molecular complexity index is 470. The molecule has 1 fully saturated rings. The molecule has 1 atom stereocenters. The van der Waals surface area contributed by atoms with Crippen molar-refractivity contribution < 1.29 is 9.59 Å². The smallest absolute Gasteiger partial charge is 0.254 e. The van der Waals surface area contributed by atoms with Crippen molar-refractivity contribution in [3.8, 4) is 0 Å². The standard InChI is InChI=1S/C14H18N2O2S/c1-3-12-9-15(6-7-16(12)13(17)4-2)14(18)11-5-8-19-10-11/h4-5,8,10,12H,2-3,6-7,9H2,1H3/t12-/m1/s1. The molecule has 0 unspecified atom stereocenters. The van der Waals surface area contributed by atoms with Crippen LogP contribution in [0.1, 0.15) is 23.7 Å². The van der Waals surface area contributed by atoms with E-state index in [1.807, 2.05) is 33.6 Å². The van der Waals surface area contributed by atoms with E-state index in [2.05, 4.69) is 6.58 Å². The molecule has 1 aromatic rings. The fourth-order valence-electron chi connectivity index (χ4n) is 2.37. The van der Waals surface area contributed by atoms with Crippen LogP contribution in [0.3, 0.4) is 0 Å². The number of nitrogens with zero attached hydrogens (tertiary/aromatic N) is 2. The molecule has 0 bridgehead atoms. The molecule has 0 radical (unpaired) electrons. The van der Waals surface area contributed by atoms with Crippen molar-refractivity contribution >= 4 is 23.2 Å². The summed E-state index contributed by atoms with van der Waals surface area (Å²) < 4.78 is 0. The van der Waals surface area contributed by atoms with Crippen molar-refractivity contribution in [1.82, 2.24) is 9.80 Å². The van der Waals surface area contributed by atoms with Crippen molar-refractivity contribution in [1.29, 1.82) is 0 Å². The van der Waals surface area contributed by atoms with E-state index in [1.165, 1.54) is 17.4 Å². The van der Waals surface area contributed by atoms with Gasteiger partial charge in [-0.2, -0.15) is 11.3 Å². The topological polar surface area (TPSA) is 40.6 Å². The zero-order valence-corrected chi connectivity index (χ0v) is 11.9. The fourth-order valence-corrected chi connectivity index (χ4v) is 3.00. The van der Waals surface area contributed by atoms with E-state index < -0.39 is 0 Å². The minimum absolute atomic E-state index is 0.0468. The Hall–Kier alpha value is -1.62. The molecular weight excluding hydrogens is 260 g/mol. The van der Waals surface area contributed by atoms with Gasteiger partial charge in [0.2, 0.25) is 5.91 Å². The Balaban J connectivity index is 2.06. The predicted molar refractivity (Wildman–Crippen MR) is 76.2 cm³/mol. The second-order valence-corrected chi connectivity index (χ2v) is 5.34. The lowest BCUT2D eigenvalue weighted by Gasteiger charge is -2.40. The van der Waals surface area contributed by atoms with Crippen molar-refractivity contribution in [3.63, 3.8) is 0 Å². The summed E-state index contributed by atoms with van der Waals surface area (Å²) in [5.41, 5.74) is 0.739. The van der Waals surface area contributed by atoms with E-state index in [-0.39, 0.29) is 17.9 Å². The number of thiophene rings is 1. The highest BCUT2D eigenvalue weighted by Crippen LogP contribution is 2.17. The molecule has 0 aliphatic carbocycles. The zero-order chi connectivity index (χ0) is 13.8. The van der Waals surface area contributed by atoms with Crippen molar-refractivity contribution in [3.05, 3.63) is 35.0 Å². The van der Waals surface area contributed by atoms with Gasteiger partial charge in [-0.15, -0.1) is 0 Å². The molecule has 1 saturated heterocycles. The molecule has 0 saturated carbocycles. The summed E-state index contributed by atoms with van der Waals surface area (Å²) in [6, 6.07) is 1.93. The molecule has 4 nitrogen and oxygen atoms in total. The molecule has 0 N–H and O–H groups in total. The second-order valence-electron chi connectivity index (χ2n) is 4.56. The third-order valence-corrected chi connectivity index (χ3v) is 4.15. The molecule has 0 spiro atoms. The van der Waals surface area contributed by atoms with Gasteiger partial charge in [-0.05, 0) is 23.9 Å². The maximum absolute atomic E-state index is 12.3. The summed E-state index contributed by atoms with van der Waals surface area (Å²) in [6.07, 6.45) is 2.19. The number of rotatable bonds is 3. The lowest BCUT2D eigenvalue weighted by atomic mass is 10.1. The van der Waals surface area contributed by atoms with Crippen LogP contribution < -0.4 is 0 Å². The number of amides is 2. The molecule has 1 aliphatic heterocycles. The van der Waals surface area contributed by atoms with Gasteiger partial charge in [-0.3, -0.25) is 9.59 Å². The van der Waals surface area contributed by atoms with Crippen LogP contribution in [-0.2, 0) is 4.79 Å². The minimum Gasteiger partial charge on any atom is -0.335 e. The molecule has 0 aromatic carbocycles. The van der Waals surface area contributed by atoms with E-state index in [4.69, 9.17) is 0 Å². The third-order valence-electron chi connectivity index (χ3n) is 3.47. The normalized spacial score (nSPS) is 19.3. The Morgan fingerprint density at radius 2 is 2.32 bits per heavy atom. The molecule has 5 heteroatoms. The van der Waals surface area contributed by atoms with E-state index in [0.717, 1.165) is 12.0 Å². The van der Waals surface area contributed by atoms with Crippen molar-refractivity contribution in [2.45, 2.75) is 19.4 Å². The average Bonchev–Trinajstić information content (AvgIpc) is 2.99. The van der Waals surface area contributed by atoms with Crippen molar-refractivity contribution in [2.75, 3.05) is 19.6 Å². The molecule has 19 heavy (non-hydrogen) atoms. The van der Waals surface area contributed by atoms with Gasteiger partial charge in [0.25, 0.3) is 5.91 Å². The van der Waals surface area contributed by atoms with Gasteiger partial charge < -0.3 is 9.80 Å². The van der Waals surface area contributed by atoms with Gasteiger partial charge in [-0.1, -0.05) is 13.5 Å². The highest BCUT2D eigenvalue weighted by atomic mass is 32.1. The van der Waals surface area contributed by atoms with Crippen LogP contribution in [-0.4, -0.2) is 47.3 Å². The Morgan fingerprint density at radius 3 is 2.89 bits per heavy atom. The average molecular weight is 278 g/mol. The van der Waals surface area contributed by atoms with Crippen LogP contribution in [0.2, 0.25) is 0 Å². The molecule has 2 heterocycles. The zero-order valence-electron chi connectivity index (χ0n) is 11.0. The van der Waals surface area contributed by atoms with Crippen LogP contribution in [0.15, 0.2) is 29.5 Å². The van der Waals surface area contributed by atoms with Crippen LogP contribution in [0.5, 0.6) is 0 Å². The first-order valence-corrected chi connectivity index (χ1v) is 7.36. The number of hydrogen-bond acceptors (Lipinski definition) is 3. The minimum atomic E-state index is -0.0468. The second kappa shape index (κ2) is 6.02. The van der Waals surface area contributed by atoms with Gasteiger partial charge in [-0.25, -0.2) is 0 Å². The van der Waals surface area contributed by atoms with Gasteiger partial charge in [0, 0.05) is 31.1 Å². The quantitative estimate of drug-likeness (QED) is 0.793. The molecule has 2 amide bonds. The first-order valence-electron chi connectivity index (χ1n) is 6.41.